The van der Waals surface area contributed by atoms with Crippen LogP contribution in [0, 0.1) is 29.6 Å². The van der Waals surface area contributed by atoms with E-state index in [0.717, 1.165) is 30.1 Å². The molecule has 0 N–H and O–H groups in total. The molecule has 0 radical (unpaired) electrons. The van der Waals surface area contributed by atoms with Gasteiger partial charge in [-0.2, -0.15) is 5.26 Å². The molecule has 0 spiro atoms. The van der Waals surface area contributed by atoms with Crippen molar-refractivity contribution < 1.29 is 0 Å². The van der Waals surface area contributed by atoms with Crippen LogP contribution in [0.15, 0.2) is 18.2 Å². The van der Waals surface area contributed by atoms with Crippen LogP contribution in [0.5, 0.6) is 0 Å². The fourth-order valence-corrected chi connectivity index (χ4v) is 2.67. The smallest absolute Gasteiger partial charge is 0.0994 e. The van der Waals surface area contributed by atoms with Crippen LogP contribution in [0.25, 0.3) is 0 Å². The third kappa shape index (κ3) is 2.51. The summed E-state index contributed by atoms with van der Waals surface area (Å²) in [6.45, 7) is 11.3. The average molecular weight is 242 g/mol. The maximum absolute atomic E-state index is 8.96. The molecule has 1 aliphatic rings. The summed E-state index contributed by atoms with van der Waals surface area (Å²) in [5.74, 6) is 0.758. The first-order chi connectivity index (χ1) is 8.41. The monoisotopic (exact) mass is 242 g/mol. The predicted octanol–water partition coefficient (Wildman–Crippen LogP) is 3.74. The number of hydrogen-bond donors (Lipinski definition) is 0. The quantitative estimate of drug-likeness (QED) is 0.750. The summed E-state index contributed by atoms with van der Waals surface area (Å²) in [5, 5.41) is 8.96. The molecule has 1 aromatic carbocycles. The molecule has 1 unspecified atom stereocenters. The molecule has 2 heteroatoms. The largest absolute Gasteiger partial charge is 0.371 e. The van der Waals surface area contributed by atoms with E-state index in [2.05, 4.69) is 43.9 Å². The molecular weight excluding hydrogens is 220 g/mol. The van der Waals surface area contributed by atoms with Crippen LogP contribution in [0.4, 0.5) is 5.69 Å². The van der Waals surface area contributed by atoms with E-state index >= 15 is 0 Å². The van der Waals surface area contributed by atoms with Crippen LogP contribution in [0.2, 0.25) is 0 Å². The second-order valence-corrected chi connectivity index (χ2v) is 6.41. The van der Waals surface area contributed by atoms with Crippen molar-refractivity contribution in [2.45, 2.75) is 34.1 Å². The summed E-state index contributed by atoms with van der Waals surface area (Å²) in [6.07, 6.45) is 1.27. The summed E-state index contributed by atoms with van der Waals surface area (Å²) in [6, 6.07) is 8.39. The highest BCUT2D eigenvalue weighted by Crippen LogP contribution is 2.35. The highest BCUT2D eigenvalue weighted by molar-refractivity contribution is 5.54. The molecule has 2 nitrogen and oxygen atoms in total. The Balaban J connectivity index is 2.15. The van der Waals surface area contributed by atoms with E-state index in [-0.39, 0.29) is 0 Å². The molecule has 0 aliphatic carbocycles. The topological polar surface area (TPSA) is 27.0 Å². The van der Waals surface area contributed by atoms with Crippen molar-refractivity contribution >= 4 is 5.69 Å². The first kappa shape index (κ1) is 13.0. The number of aryl methyl sites for hydroxylation is 1. The van der Waals surface area contributed by atoms with Crippen LogP contribution < -0.4 is 4.90 Å². The normalized spacial score (nSPS) is 19.9. The Morgan fingerprint density at radius 2 is 2.06 bits per heavy atom. The van der Waals surface area contributed by atoms with Crippen molar-refractivity contribution in [1.82, 2.24) is 0 Å². The van der Waals surface area contributed by atoms with Crippen molar-refractivity contribution in [3.05, 3.63) is 29.3 Å². The number of rotatable bonds is 1. The van der Waals surface area contributed by atoms with Crippen LogP contribution >= 0.6 is 0 Å². The molecule has 0 amide bonds. The minimum absolute atomic E-state index is 0.385. The van der Waals surface area contributed by atoms with Crippen molar-refractivity contribution in [3.63, 3.8) is 0 Å². The third-order valence-corrected chi connectivity index (χ3v) is 4.11. The van der Waals surface area contributed by atoms with Crippen LogP contribution in [0.1, 0.15) is 38.3 Å². The number of benzene rings is 1. The molecule has 1 fully saturated rings. The van der Waals surface area contributed by atoms with Gasteiger partial charge in [-0.1, -0.05) is 20.8 Å². The van der Waals surface area contributed by atoms with Crippen molar-refractivity contribution in [2.75, 3.05) is 18.0 Å². The second-order valence-electron chi connectivity index (χ2n) is 6.41. The SMILES string of the molecule is Cc1cc(N2CCC(C(C)(C)C)C2)ccc1C#N. The fraction of sp³-hybridized carbons (Fsp3) is 0.562. The van der Waals surface area contributed by atoms with Gasteiger partial charge in [0.15, 0.2) is 0 Å². The average Bonchev–Trinajstić information content (AvgIpc) is 2.77. The zero-order chi connectivity index (χ0) is 13.3. The van der Waals surface area contributed by atoms with Crippen molar-refractivity contribution in [1.29, 1.82) is 5.26 Å². The summed E-state index contributed by atoms with van der Waals surface area (Å²) in [7, 11) is 0. The summed E-state index contributed by atoms with van der Waals surface area (Å²) < 4.78 is 0. The summed E-state index contributed by atoms with van der Waals surface area (Å²) in [4.78, 5) is 2.45. The summed E-state index contributed by atoms with van der Waals surface area (Å²) in [5.41, 5.74) is 3.51. The maximum atomic E-state index is 8.96. The Morgan fingerprint density at radius 3 is 2.56 bits per heavy atom. The Morgan fingerprint density at radius 1 is 1.33 bits per heavy atom. The highest BCUT2D eigenvalue weighted by Gasteiger charge is 2.31. The lowest BCUT2D eigenvalue weighted by molar-refractivity contribution is 0.263. The number of nitrogens with zero attached hydrogens (tertiary/aromatic N) is 2. The Hall–Kier alpha value is -1.49. The van der Waals surface area contributed by atoms with E-state index in [1.54, 1.807) is 0 Å². The van der Waals surface area contributed by atoms with E-state index in [4.69, 9.17) is 5.26 Å². The van der Waals surface area contributed by atoms with Gasteiger partial charge in [0, 0.05) is 18.8 Å². The predicted molar refractivity (Wildman–Crippen MR) is 75.7 cm³/mol. The summed E-state index contributed by atoms with van der Waals surface area (Å²) >= 11 is 0. The molecule has 96 valence electrons. The van der Waals surface area contributed by atoms with E-state index in [0.29, 0.717) is 5.41 Å². The van der Waals surface area contributed by atoms with E-state index in [1.165, 1.54) is 12.1 Å². The zero-order valence-electron chi connectivity index (χ0n) is 11.8. The van der Waals surface area contributed by atoms with Gasteiger partial charge >= 0.3 is 0 Å². The minimum Gasteiger partial charge on any atom is -0.371 e. The number of anilines is 1. The second kappa shape index (κ2) is 4.65. The Labute approximate surface area is 110 Å². The van der Waals surface area contributed by atoms with Crippen molar-refractivity contribution in [3.8, 4) is 6.07 Å². The van der Waals surface area contributed by atoms with Gasteiger partial charge in [0.05, 0.1) is 11.6 Å². The van der Waals surface area contributed by atoms with Crippen LogP contribution in [-0.4, -0.2) is 13.1 Å². The van der Waals surface area contributed by atoms with Gasteiger partial charge in [0.1, 0.15) is 0 Å². The molecule has 1 aromatic rings. The van der Waals surface area contributed by atoms with Gasteiger partial charge < -0.3 is 4.90 Å². The molecule has 1 atom stereocenters. The van der Waals surface area contributed by atoms with Gasteiger partial charge in [0.25, 0.3) is 0 Å². The van der Waals surface area contributed by atoms with Gasteiger partial charge in [-0.3, -0.25) is 0 Å². The van der Waals surface area contributed by atoms with E-state index in [9.17, 15) is 0 Å². The molecule has 1 heterocycles. The molecule has 1 aliphatic heterocycles. The van der Waals surface area contributed by atoms with E-state index < -0.39 is 0 Å². The Bertz CT molecular complexity index is 477. The highest BCUT2D eigenvalue weighted by atomic mass is 15.2. The van der Waals surface area contributed by atoms with Crippen LogP contribution in [-0.2, 0) is 0 Å². The fourth-order valence-electron chi connectivity index (χ4n) is 2.67. The van der Waals surface area contributed by atoms with Crippen molar-refractivity contribution in [2.24, 2.45) is 11.3 Å². The Kier molecular flexibility index (Phi) is 3.34. The lowest BCUT2D eigenvalue weighted by Crippen LogP contribution is -2.25. The molecule has 0 saturated carbocycles. The number of hydrogen-bond acceptors (Lipinski definition) is 2. The lowest BCUT2D eigenvalue weighted by Gasteiger charge is -2.27. The molecule has 1 saturated heterocycles. The standard InChI is InChI=1S/C16H22N2/c1-12-9-15(6-5-13(12)10-17)18-8-7-14(11-18)16(2,3)4/h5-6,9,14H,7-8,11H2,1-4H3. The van der Waals surface area contributed by atoms with Gasteiger partial charge in [-0.25, -0.2) is 0 Å². The number of nitriles is 1. The van der Waals surface area contributed by atoms with Gasteiger partial charge in [0.2, 0.25) is 0 Å². The van der Waals surface area contributed by atoms with Crippen LogP contribution in [0.3, 0.4) is 0 Å². The van der Waals surface area contributed by atoms with E-state index in [1.807, 2.05) is 13.0 Å². The molecule has 0 bridgehead atoms. The first-order valence-electron chi connectivity index (χ1n) is 6.67. The molecule has 0 aromatic heterocycles. The third-order valence-electron chi connectivity index (χ3n) is 4.11. The lowest BCUT2D eigenvalue weighted by atomic mass is 9.80. The zero-order valence-corrected chi connectivity index (χ0v) is 11.8. The molecular formula is C16H22N2. The minimum atomic E-state index is 0.385. The molecule has 2 rings (SSSR count). The van der Waals surface area contributed by atoms with Gasteiger partial charge in [-0.05, 0) is 48.4 Å². The van der Waals surface area contributed by atoms with Gasteiger partial charge in [-0.15, -0.1) is 0 Å². The molecule has 18 heavy (non-hydrogen) atoms. The first-order valence-corrected chi connectivity index (χ1v) is 6.67. The maximum Gasteiger partial charge on any atom is 0.0994 e.